The van der Waals surface area contributed by atoms with Gasteiger partial charge in [-0.25, -0.2) is 8.42 Å². The van der Waals surface area contributed by atoms with Crippen LogP contribution in [-0.4, -0.2) is 74.5 Å². The summed E-state index contributed by atoms with van der Waals surface area (Å²) in [6, 6.07) is 4.68. The Morgan fingerprint density at radius 1 is 1.17 bits per heavy atom. The van der Waals surface area contributed by atoms with Gasteiger partial charge in [-0.15, -0.1) is 0 Å². The van der Waals surface area contributed by atoms with Crippen LogP contribution < -0.4 is 14.8 Å². The third kappa shape index (κ3) is 4.90. The highest BCUT2D eigenvalue weighted by molar-refractivity contribution is 7.89. The molecule has 1 aromatic rings. The fraction of sp³-hybridized carbons (Fsp3) is 0.667. The Balaban J connectivity index is 1.67. The predicted octanol–water partition coefficient (Wildman–Crippen LogP) is 1.85. The summed E-state index contributed by atoms with van der Waals surface area (Å²) in [5, 5.41) is 2.94. The molecule has 0 aromatic heterocycles. The van der Waals surface area contributed by atoms with Crippen molar-refractivity contribution in [1.29, 1.82) is 0 Å². The number of carbonyl (C=O) groups is 1. The number of ether oxygens (including phenoxy) is 2. The van der Waals surface area contributed by atoms with Gasteiger partial charge in [-0.2, -0.15) is 4.31 Å². The molecule has 2 aliphatic rings. The first kappa shape index (κ1) is 22.8. The summed E-state index contributed by atoms with van der Waals surface area (Å²) >= 11 is 0. The van der Waals surface area contributed by atoms with Crippen LogP contribution in [0, 0.1) is 0 Å². The second kappa shape index (κ2) is 9.53. The number of fused-ring (bicyclic) bond motifs is 1. The van der Waals surface area contributed by atoms with Crippen LogP contribution >= 0.6 is 0 Å². The molecule has 2 aliphatic heterocycles. The van der Waals surface area contributed by atoms with E-state index in [1.54, 1.807) is 6.07 Å². The first-order valence-electron chi connectivity index (χ1n) is 10.7. The summed E-state index contributed by atoms with van der Waals surface area (Å²) in [5.41, 5.74) is 0. The van der Waals surface area contributed by atoms with Crippen LogP contribution in [0.3, 0.4) is 0 Å². The van der Waals surface area contributed by atoms with Gasteiger partial charge in [0.2, 0.25) is 15.9 Å². The number of nitrogens with one attached hydrogen (secondary N) is 1. The lowest BCUT2D eigenvalue weighted by Crippen LogP contribution is -2.48. The van der Waals surface area contributed by atoms with E-state index in [-0.39, 0.29) is 10.8 Å². The smallest absolute Gasteiger partial charge is 0.243 e. The normalized spacial score (nSPS) is 19.6. The number of hydrogen-bond donors (Lipinski definition) is 1. The molecule has 0 unspecified atom stereocenters. The highest BCUT2D eigenvalue weighted by Gasteiger charge is 2.39. The van der Waals surface area contributed by atoms with Gasteiger partial charge in [0, 0.05) is 37.8 Å². The summed E-state index contributed by atoms with van der Waals surface area (Å²) < 4.78 is 38.8. The minimum absolute atomic E-state index is 0.122. The maximum absolute atomic E-state index is 13.2. The molecule has 0 spiro atoms. The Kier molecular flexibility index (Phi) is 7.26. The van der Waals surface area contributed by atoms with E-state index in [0.717, 1.165) is 6.54 Å². The number of sulfonamides is 1. The van der Waals surface area contributed by atoms with E-state index in [4.69, 9.17) is 9.47 Å². The van der Waals surface area contributed by atoms with Crippen LogP contribution in [0.5, 0.6) is 11.5 Å². The van der Waals surface area contributed by atoms with Crippen molar-refractivity contribution in [2.24, 2.45) is 0 Å². The fourth-order valence-electron chi connectivity index (χ4n) is 4.15. The Morgan fingerprint density at radius 3 is 2.50 bits per heavy atom. The molecule has 1 amide bonds. The van der Waals surface area contributed by atoms with Crippen molar-refractivity contribution in [2.45, 2.75) is 63.6 Å². The minimum atomic E-state index is -3.81. The Hall–Kier alpha value is -1.84. The molecule has 1 N–H and O–H groups in total. The highest BCUT2D eigenvalue weighted by atomic mass is 32.2. The number of nitrogens with zero attached hydrogens (tertiary/aromatic N) is 2. The standard InChI is InChI=1S/C21H33N3O5S/c1-15(2)23(16(3)4)11-9-22-21(25)18-6-5-10-24(18)30(26,27)17-7-8-19-20(14-17)29-13-12-28-19/h7-8,14-16,18H,5-6,9-13H2,1-4H3,(H,22,25)/t18-/m1/s1. The van der Waals surface area contributed by atoms with Crippen molar-refractivity contribution >= 4 is 15.9 Å². The van der Waals surface area contributed by atoms with Gasteiger partial charge in [0.05, 0.1) is 4.90 Å². The van der Waals surface area contributed by atoms with Crippen molar-refractivity contribution in [3.63, 3.8) is 0 Å². The summed E-state index contributed by atoms with van der Waals surface area (Å²) in [6.45, 7) is 10.9. The quantitative estimate of drug-likeness (QED) is 0.665. The summed E-state index contributed by atoms with van der Waals surface area (Å²) in [5.74, 6) is 0.724. The molecular formula is C21H33N3O5S. The third-order valence-corrected chi connectivity index (χ3v) is 7.53. The molecule has 2 heterocycles. The number of benzene rings is 1. The Labute approximate surface area is 179 Å². The van der Waals surface area contributed by atoms with Crippen LogP contribution in [0.25, 0.3) is 0 Å². The van der Waals surface area contributed by atoms with Gasteiger partial charge in [-0.05, 0) is 52.7 Å². The molecule has 30 heavy (non-hydrogen) atoms. The first-order valence-corrected chi connectivity index (χ1v) is 12.1. The SMILES string of the molecule is CC(C)N(CCNC(=O)[C@H]1CCCN1S(=O)(=O)c1ccc2c(c1)OCCO2)C(C)C. The molecule has 1 aromatic carbocycles. The summed E-state index contributed by atoms with van der Waals surface area (Å²) in [7, 11) is -3.81. The van der Waals surface area contributed by atoms with Gasteiger partial charge in [0.1, 0.15) is 19.3 Å². The zero-order valence-electron chi connectivity index (χ0n) is 18.3. The van der Waals surface area contributed by atoms with Gasteiger partial charge in [-0.1, -0.05) is 0 Å². The second-order valence-corrected chi connectivity index (χ2v) is 10.2. The summed E-state index contributed by atoms with van der Waals surface area (Å²) in [4.78, 5) is 15.2. The lowest BCUT2D eigenvalue weighted by molar-refractivity contribution is -0.124. The zero-order chi connectivity index (χ0) is 21.9. The van der Waals surface area contributed by atoms with Gasteiger partial charge in [-0.3, -0.25) is 9.69 Å². The first-order chi connectivity index (χ1) is 14.2. The number of carbonyl (C=O) groups excluding carboxylic acids is 1. The zero-order valence-corrected chi connectivity index (χ0v) is 19.1. The molecular weight excluding hydrogens is 406 g/mol. The van der Waals surface area contributed by atoms with Gasteiger partial charge in [0.25, 0.3) is 0 Å². The Morgan fingerprint density at radius 2 is 1.83 bits per heavy atom. The van der Waals surface area contributed by atoms with Crippen molar-refractivity contribution in [3.8, 4) is 11.5 Å². The van der Waals surface area contributed by atoms with E-state index in [2.05, 4.69) is 37.9 Å². The minimum Gasteiger partial charge on any atom is -0.486 e. The van der Waals surface area contributed by atoms with E-state index >= 15 is 0 Å². The third-order valence-electron chi connectivity index (χ3n) is 5.62. The molecule has 0 bridgehead atoms. The van der Waals surface area contributed by atoms with Crippen molar-refractivity contribution in [1.82, 2.24) is 14.5 Å². The van der Waals surface area contributed by atoms with E-state index < -0.39 is 16.1 Å². The van der Waals surface area contributed by atoms with E-state index in [9.17, 15) is 13.2 Å². The molecule has 0 radical (unpaired) electrons. The molecule has 0 saturated carbocycles. The number of amides is 1. The van der Waals surface area contributed by atoms with Crippen LogP contribution in [0.4, 0.5) is 0 Å². The maximum Gasteiger partial charge on any atom is 0.243 e. The van der Waals surface area contributed by atoms with E-state index in [1.807, 2.05) is 0 Å². The van der Waals surface area contributed by atoms with Crippen molar-refractivity contribution in [3.05, 3.63) is 18.2 Å². The average Bonchev–Trinajstić information content (AvgIpc) is 3.21. The number of hydrogen-bond acceptors (Lipinski definition) is 6. The molecule has 168 valence electrons. The topological polar surface area (TPSA) is 88.2 Å². The van der Waals surface area contributed by atoms with Gasteiger partial charge >= 0.3 is 0 Å². The average molecular weight is 440 g/mol. The maximum atomic E-state index is 13.2. The molecule has 0 aliphatic carbocycles. The number of rotatable bonds is 8. The van der Waals surface area contributed by atoms with E-state index in [0.29, 0.717) is 62.7 Å². The second-order valence-electron chi connectivity index (χ2n) is 8.30. The van der Waals surface area contributed by atoms with E-state index in [1.165, 1.54) is 16.4 Å². The Bertz CT molecular complexity index is 848. The van der Waals surface area contributed by atoms with Crippen LogP contribution in [0.1, 0.15) is 40.5 Å². The fourth-order valence-corrected chi connectivity index (χ4v) is 5.82. The van der Waals surface area contributed by atoms with Crippen molar-refractivity contribution in [2.75, 3.05) is 32.8 Å². The molecule has 1 atom stereocenters. The molecule has 9 heteroatoms. The summed E-state index contributed by atoms with van der Waals surface area (Å²) in [6.07, 6.45) is 1.18. The molecule has 3 rings (SSSR count). The van der Waals surface area contributed by atoms with Crippen molar-refractivity contribution < 1.29 is 22.7 Å². The van der Waals surface area contributed by atoms with Gasteiger partial charge < -0.3 is 14.8 Å². The van der Waals surface area contributed by atoms with Crippen LogP contribution in [0.15, 0.2) is 23.1 Å². The molecule has 1 fully saturated rings. The van der Waals surface area contributed by atoms with Crippen LogP contribution in [-0.2, 0) is 14.8 Å². The molecule has 1 saturated heterocycles. The lowest BCUT2D eigenvalue weighted by atomic mass is 10.2. The van der Waals surface area contributed by atoms with Crippen LogP contribution in [0.2, 0.25) is 0 Å². The predicted molar refractivity (Wildman–Crippen MR) is 114 cm³/mol. The van der Waals surface area contributed by atoms with Gasteiger partial charge in [0.15, 0.2) is 11.5 Å². The highest BCUT2D eigenvalue weighted by Crippen LogP contribution is 2.34. The monoisotopic (exact) mass is 439 g/mol. The lowest BCUT2D eigenvalue weighted by Gasteiger charge is -2.31. The molecule has 8 nitrogen and oxygen atoms in total. The largest absolute Gasteiger partial charge is 0.486 e.